The molecule has 1 aromatic carbocycles. The third-order valence-corrected chi connectivity index (χ3v) is 5.22. The molecule has 2 aromatic rings. The molecular weight excluding hydrogens is 353 g/mol. The van der Waals surface area contributed by atoms with E-state index < -0.39 is 12.6 Å². The number of imidazole rings is 1. The van der Waals surface area contributed by atoms with E-state index >= 15 is 0 Å². The Bertz CT molecular complexity index is 759. The zero-order chi connectivity index (χ0) is 19.7. The lowest BCUT2D eigenvalue weighted by Gasteiger charge is -2.43. The molecule has 7 heteroatoms. The van der Waals surface area contributed by atoms with Gasteiger partial charge in [0.2, 0.25) is 0 Å². The van der Waals surface area contributed by atoms with Crippen LogP contribution in [0.1, 0.15) is 19.4 Å². The third kappa shape index (κ3) is 5.11. The minimum Gasteiger partial charge on any atom is -0.329 e. The highest BCUT2D eigenvalue weighted by atomic mass is 19.4. The van der Waals surface area contributed by atoms with E-state index in [1.165, 1.54) is 6.07 Å². The predicted molar refractivity (Wildman–Crippen MR) is 101 cm³/mol. The normalized spacial score (nSPS) is 17.4. The van der Waals surface area contributed by atoms with Gasteiger partial charge in [-0.05, 0) is 32.5 Å². The van der Waals surface area contributed by atoms with Crippen molar-refractivity contribution in [3.63, 3.8) is 0 Å². The lowest BCUT2D eigenvalue weighted by molar-refractivity contribution is -0.127. The Balaban J connectivity index is 1.79. The fourth-order valence-electron chi connectivity index (χ4n) is 3.68. The summed E-state index contributed by atoms with van der Waals surface area (Å²) in [6.45, 7) is 9.25. The van der Waals surface area contributed by atoms with E-state index in [2.05, 4.69) is 35.7 Å². The molecule has 1 aliphatic rings. The van der Waals surface area contributed by atoms with Crippen molar-refractivity contribution in [3.8, 4) is 11.4 Å². The molecule has 3 rings (SSSR count). The Labute approximate surface area is 158 Å². The molecular formula is C20H27F3N4. The van der Waals surface area contributed by atoms with Crippen LogP contribution in [0.3, 0.4) is 0 Å². The van der Waals surface area contributed by atoms with E-state index in [0.717, 1.165) is 38.3 Å². The minimum atomic E-state index is -4.21. The van der Waals surface area contributed by atoms with Gasteiger partial charge in [0.15, 0.2) is 0 Å². The molecule has 0 unspecified atom stereocenters. The molecule has 4 nitrogen and oxygen atoms in total. The average molecular weight is 380 g/mol. The maximum atomic E-state index is 12.7. The summed E-state index contributed by atoms with van der Waals surface area (Å²) in [7, 11) is 2.13. The number of hydrogen-bond acceptors (Lipinski definition) is 3. The van der Waals surface area contributed by atoms with Crippen LogP contribution < -0.4 is 0 Å². The van der Waals surface area contributed by atoms with E-state index in [9.17, 15) is 13.2 Å². The second-order valence-electron chi connectivity index (χ2n) is 7.97. The van der Waals surface area contributed by atoms with Gasteiger partial charge in [-0.2, -0.15) is 13.2 Å². The molecule has 1 saturated heterocycles. The summed E-state index contributed by atoms with van der Waals surface area (Å²) in [5.74, 6) is 0.709. The SMILES string of the molecule is CN1CCN(C(C)(C)Cn2ccnc2-c2cccc(CC(F)(F)F)c2)CC1. The van der Waals surface area contributed by atoms with Crippen molar-refractivity contribution in [1.29, 1.82) is 0 Å². The van der Waals surface area contributed by atoms with E-state index in [4.69, 9.17) is 0 Å². The minimum absolute atomic E-state index is 0.0692. The van der Waals surface area contributed by atoms with Gasteiger partial charge >= 0.3 is 6.18 Å². The number of likely N-dealkylation sites (N-methyl/N-ethyl adjacent to an activating group) is 1. The first kappa shape index (κ1) is 19.9. The second-order valence-corrected chi connectivity index (χ2v) is 7.97. The van der Waals surface area contributed by atoms with Crippen LogP contribution in [0.15, 0.2) is 36.7 Å². The van der Waals surface area contributed by atoms with Crippen LogP contribution in [-0.2, 0) is 13.0 Å². The summed E-state index contributed by atoms with van der Waals surface area (Å²) in [6, 6.07) is 6.59. The summed E-state index contributed by atoms with van der Waals surface area (Å²) >= 11 is 0. The van der Waals surface area contributed by atoms with E-state index in [0.29, 0.717) is 5.82 Å². The van der Waals surface area contributed by atoms with E-state index in [1.807, 2.05) is 16.8 Å². The molecule has 0 radical (unpaired) electrons. The Morgan fingerprint density at radius 3 is 2.44 bits per heavy atom. The van der Waals surface area contributed by atoms with Crippen molar-refractivity contribution in [3.05, 3.63) is 42.2 Å². The number of benzene rings is 1. The second kappa shape index (κ2) is 7.64. The molecule has 1 fully saturated rings. The number of piperazine rings is 1. The van der Waals surface area contributed by atoms with Gasteiger partial charge in [0.05, 0.1) is 6.42 Å². The predicted octanol–water partition coefficient (Wildman–Crippen LogP) is 3.68. The van der Waals surface area contributed by atoms with Gasteiger partial charge in [-0.1, -0.05) is 18.2 Å². The fourth-order valence-corrected chi connectivity index (χ4v) is 3.68. The summed E-state index contributed by atoms with van der Waals surface area (Å²) in [6.07, 6.45) is -1.51. The van der Waals surface area contributed by atoms with Gasteiger partial charge in [0, 0.05) is 56.2 Å². The van der Waals surface area contributed by atoms with Gasteiger partial charge in [0.25, 0.3) is 0 Å². The molecule has 1 aliphatic heterocycles. The molecule has 2 heterocycles. The molecule has 0 amide bonds. The van der Waals surface area contributed by atoms with Gasteiger partial charge in [-0.25, -0.2) is 4.98 Å². The number of alkyl halides is 3. The van der Waals surface area contributed by atoms with Crippen LogP contribution in [0.4, 0.5) is 13.2 Å². The van der Waals surface area contributed by atoms with Crippen molar-refractivity contribution in [2.45, 2.75) is 38.5 Å². The van der Waals surface area contributed by atoms with Crippen LogP contribution >= 0.6 is 0 Å². The van der Waals surface area contributed by atoms with Crippen LogP contribution in [0.5, 0.6) is 0 Å². The summed E-state index contributed by atoms with van der Waals surface area (Å²) in [5.41, 5.74) is 0.907. The standard InChI is InChI=1S/C20H27F3N4/c1-19(2,27-11-9-25(3)10-12-27)15-26-8-7-24-18(26)17-6-4-5-16(13-17)14-20(21,22)23/h4-8,13H,9-12,14-15H2,1-3H3. The maximum Gasteiger partial charge on any atom is 0.393 e. The number of aromatic nitrogens is 2. The summed E-state index contributed by atoms with van der Waals surface area (Å²) < 4.78 is 40.2. The highest BCUT2D eigenvalue weighted by Gasteiger charge is 2.30. The lowest BCUT2D eigenvalue weighted by Crippen LogP contribution is -2.55. The highest BCUT2D eigenvalue weighted by Crippen LogP contribution is 2.27. The highest BCUT2D eigenvalue weighted by molar-refractivity contribution is 5.56. The van der Waals surface area contributed by atoms with Crippen molar-refractivity contribution in [1.82, 2.24) is 19.4 Å². The first-order chi connectivity index (χ1) is 12.6. The Morgan fingerprint density at radius 1 is 1.07 bits per heavy atom. The van der Waals surface area contributed by atoms with E-state index in [1.54, 1.807) is 18.3 Å². The van der Waals surface area contributed by atoms with E-state index in [-0.39, 0.29) is 11.1 Å². The van der Waals surface area contributed by atoms with Crippen LogP contribution in [-0.4, -0.2) is 64.3 Å². The zero-order valence-corrected chi connectivity index (χ0v) is 16.1. The van der Waals surface area contributed by atoms with Crippen LogP contribution in [0, 0.1) is 0 Å². The van der Waals surface area contributed by atoms with Gasteiger partial charge in [-0.3, -0.25) is 4.90 Å². The number of nitrogens with zero attached hydrogens (tertiary/aromatic N) is 4. The Kier molecular flexibility index (Phi) is 5.63. The smallest absolute Gasteiger partial charge is 0.329 e. The fraction of sp³-hybridized carbons (Fsp3) is 0.550. The van der Waals surface area contributed by atoms with Gasteiger partial charge in [0.1, 0.15) is 5.82 Å². The van der Waals surface area contributed by atoms with Crippen LogP contribution in [0.2, 0.25) is 0 Å². The van der Waals surface area contributed by atoms with Gasteiger partial charge in [-0.15, -0.1) is 0 Å². The first-order valence-electron chi connectivity index (χ1n) is 9.25. The first-order valence-corrected chi connectivity index (χ1v) is 9.25. The largest absolute Gasteiger partial charge is 0.393 e. The molecule has 0 atom stereocenters. The quantitative estimate of drug-likeness (QED) is 0.791. The van der Waals surface area contributed by atoms with Crippen molar-refractivity contribution in [2.75, 3.05) is 33.2 Å². The Hall–Kier alpha value is -1.86. The molecule has 0 saturated carbocycles. The Morgan fingerprint density at radius 2 is 1.78 bits per heavy atom. The number of halogens is 3. The maximum absolute atomic E-state index is 12.7. The topological polar surface area (TPSA) is 24.3 Å². The van der Waals surface area contributed by atoms with Crippen LogP contribution in [0.25, 0.3) is 11.4 Å². The summed E-state index contributed by atoms with van der Waals surface area (Å²) in [5, 5.41) is 0. The van der Waals surface area contributed by atoms with Crippen molar-refractivity contribution in [2.24, 2.45) is 0 Å². The number of rotatable bonds is 5. The zero-order valence-electron chi connectivity index (χ0n) is 16.1. The third-order valence-electron chi connectivity index (χ3n) is 5.22. The van der Waals surface area contributed by atoms with Crippen molar-refractivity contribution >= 4 is 0 Å². The molecule has 148 valence electrons. The van der Waals surface area contributed by atoms with Gasteiger partial charge < -0.3 is 9.47 Å². The molecule has 0 N–H and O–H groups in total. The molecule has 0 aliphatic carbocycles. The molecule has 1 aromatic heterocycles. The average Bonchev–Trinajstić information content (AvgIpc) is 3.01. The molecule has 0 spiro atoms. The monoisotopic (exact) mass is 380 g/mol. The molecule has 0 bridgehead atoms. The van der Waals surface area contributed by atoms with Crippen molar-refractivity contribution < 1.29 is 13.2 Å². The number of hydrogen-bond donors (Lipinski definition) is 0. The molecule has 27 heavy (non-hydrogen) atoms. The summed E-state index contributed by atoms with van der Waals surface area (Å²) in [4.78, 5) is 9.21. The lowest BCUT2D eigenvalue weighted by atomic mass is 10.0.